The van der Waals surface area contributed by atoms with Crippen molar-refractivity contribution in [2.45, 2.75) is 19.3 Å². The van der Waals surface area contributed by atoms with Crippen LogP contribution in [-0.4, -0.2) is 36.9 Å². The number of hydrogen-bond acceptors (Lipinski definition) is 3. The SMILES string of the molecule is NCCCCN1CCC(=O)C1. The van der Waals surface area contributed by atoms with Gasteiger partial charge in [0.1, 0.15) is 5.78 Å². The van der Waals surface area contributed by atoms with Gasteiger partial charge in [0, 0.05) is 13.0 Å². The minimum atomic E-state index is 0.387. The monoisotopic (exact) mass is 156 g/mol. The van der Waals surface area contributed by atoms with E-state index in [1.54, 1.807) is 0 Å². The van der Waals surface area contributed by atoms with Gasteiger partial charge in [-0.1, -0.05) is 0 Å². The minimum Gasteiger partial charge on any atom is -0.330 e. The second kappa shape index (κ2) is 4.46. The van der Waals surface area contributed by atoms with Crippen LogP contribution in [0.3, 0.4) is 0 Å². The standard InChI is InChI=1S/C8H16N2O/c9-4-1-2-5-10-6-3-8(11)7-10/h1-7,9H2. The number of unbranched alkanes of at least 4 members (excludes halogenated alkanes) is 1. The molecule has 1 saturated heterocycles. The van der Waals surface area contributed by atoms with Crippen molar-refractivity contribution in [3.05, 3.63) is 0 Å². The molecule has 64 valence electrons. The van der Waals surface area contributed by atoms with E-state index in [1.807, 2.05) is 0 Å². The zero-order valence-corrected chi connectivity index (χ0v) is 6.88. The smallest absolute Gasteiger partial charge is 0.148 e. The Morgan fingerprint density at radius 3 is 2.82 bits per heavy atom. The largest absolute Gasteiger partial charge is 0.330 e. The lowest BCUT2D eigenvalue weighted by Crippen LogP contribution is -2.22. The van der Waals surface area contributed by atoms with Crippen LogP contribution < -0.4 is 5.73 Å². The quantitative estimate of drug-likeness (QED) is 0.583. The van der Waals surface area contributed by atoms with E-state index in [0.29, 0.717) is 12.3 Å². The zero-order valence-electron chi connectivity index (χ0n) is 6.88. The predicted octanol–water partition coefficient (Wildman–Crippen LogP) is 0.000100. The first-order valence-electron chi connectivity index (χ1n) is 4.27. The summed E-state index contributed by atoms with van der Waals surface area (Å²) < 4.78 is 0. The third-order valence-electron chi connectivity index (χ3n) is 2.04. The van der Waals surface area contributed by atoms with Crippen molar-refractivity contribution in [2.75, 3.05) is 26.2 Å². The lowest BCUT2D eigenvalue weighted by Gasteiger charge is -2.11. The van der Waals surface area contributed by atoms with Crippen molar-refractivity contribution >= 4 is 5.78 Å². The third kappa shape index (κ3) is 2.99. The predicted molar refractivity (Wildman–Crippen MR) is 44.4 cm³/mol. The maximum atomic E-state index is 10.8. The molecule has 0 aliphatic carbocycles. The van der Waals surface area contributed by atoms with E-state index in [2.05, 4.69) is 4.90 Å². The highest BCUT2D eigenvalue weighted by Gasteiger charge is 2.17. The molecule has 1 aliphatic rings. The van der Waals surface area contributed by atoms with E-state index in [4.69, 9.17) is 5.73 Å². The van der Waals surface area contributed by atoms with E-state index in [-0.39, 0.29) is 0 Å². The van der Waals surface area contributed by atoms with Crippen molar-refractivity contribution in [3.63, 3.8) is 0 Å². The normalized spacial score (nSPS) is 19.5. The number of Topliss-reactive ketones (excluding diaryl/α,β-unsaturated/α-hetero) is 1. The molecule has 3 heteroatoms. The van der Waals surface area contributed by atoms with Crippen LogP contribution in [-0.2, 0) is 4.79 Å². The zero-order chi connectivity index (χ0) is 8.10. The molecule has 0 atom stereocenters. The topological polar surface area (TPSA) is 46.3 Å². The number of nitrogens with two attached hydrogens (primary N) is 1. The summed E-state index contributed by atoms with van der Waals surface area (Å²) in [6, 6.07) is 0. The second-order valence-corrected chi connectivity index (χ2v) is 3.06. The summed E-state index contributed by atoms with van der Waals surface area (Å²) in [5.41, 5.74) is 5.36. The lowest BCUT2D eigenvalue weighted by atomic mass is 10.3. The molecule has 3 nitrogen and oxygen atoms in total. The van der Waals surface area contributed by atoms with Gasteiger partial charge in [-0.2, -0.15) is 0 Å². The van der Waals surface area contributed by atoms with E-state index in [1.165, 1.54) is 0 Å². The van der Waals surface area contributed by atoms with Gasteiger partial charge in [0.25, 0.3) is 0 Å². The van der Waals surface area contributed by atoms with Crippen molar-refractivity contribution in [2.24, 2.45) is 5.73 Å². The fourth-order valence-corrected chi connectivity index (χ4v) is 1.36. The molecule has 0 saturated carbocycles. The van der Waals surface area contributed by atoms with Gasteiger partial charge in [0.05, 0.1) is 6.54 Å². The maximum Gasteiger partial charge on any atom is 0.148 e. The molecule has 1 fully saturated rings. The fraction of sp³-hybridized carbons (Fsp3) is 0.875. The van der Waals surface area contributed by atoms with E-state index < -0.39 is 0 Å². The van der Waals surface area contributed by atoms with Crippen molar-refractivity contribution < 1.29 is 4.79 Å². The van der Waals surface area contributed by atoms with Crippen LogP contribution in [0.2, 0.25) is 0 Å². The van der Waals surface area contributed by atoms with Gasteiger partial charge in [0.15, 0.2) is 0 Å². The van der Waals surface area contributed by atoms with Crippen LogP contribution in [0.5, 0.6) is 0 Å². The molecule has 0 radical (unpaired) electrons. The van der Waals surface area contributed by atoms with Crippen LogP contribution in [0.1, 0.15) is 19.3 Å². The van der Waals surface area contributed by atoms with E-state index >= 15 is 0 Å². The van der Waals surface area contributed by atoms with Crippen molar-refractivity contribution in [3.8, 4) is 0 Å². The molecule has 0 aromatic rings. The van der Waals surface area contributed by atoms with E-state index in [9.17, 15) is 4.79 Å². The Morgan fingerprint density at radius 2 is 2.27 bits per heavy atom. The van der Waals surface area contributed by atoms with Crippen LogP contribution in [0.4, 0.5) is 0 Å². The first-order chi connectivity index (χ1) is 5.33. The summed E-state index contributed by atoms with van der Waals surface area (Å²) in [5, 5.41) is 0. The number of ketones is 1. The average molecular weight is 156 g/mol. The molecule has 11 heavy (non-hydrogen) atoms. The van der Waals surface area contributed by atoms with Crippen LogP contribution in [0, 0.1) is 0 Å². The number of carbonyl (C=O) groups is 1. The Bertz CT molecular complexity index is 136. The average Bonchev–Trinajstić information content (AvgIpc) is 2.37. The molecule has 1 rings (SSSR count). The van der Waals surface area contributed by atoms with Gasteiger partial charge < -0.3 is 5.73 Å². The molecule has 1 heterocycles. The molecule has 0 unspecified atom stereocenters. The molecule has 0 aromatic carbocycles. The molecule has 2 N–H and O–H groups in total. The van der Waals surface area contributed by atoms with Crippen LogP contribution in [0.25, 0.3) is 0 Å². The van der Waals surface area contributed by atoms with Gasteiger partial charge >= 0.3 is 0 Å². The third-order valence-corrected chi connectivity index (χ3v) is 2.04. The molecular weight excluding hydrogens is 140 g/mol. The molecule has 1 aliphatic heterocycles. The summed E-state index contributed by atoms with van der Waals surface area (Å²) >= 11 is 0. The highest BCUT2D eigenvalue weighted by molar-refractivity contribution is 5.82. The molecular formula is C8H16N2O. The van der Waals surface area contributed by atoms with Crippen LogP contribution >= 0.6 is 0 Å². The summed E-state index contributed by atoms with van der Waals surface area (Å²) in [5.74, 6) is 0.387. The number of carbonyl (C=O) groups excluding carboxylic acids is 1. The van der Waals surface area contributed by atoms with Gasteiger partial charge in [-0.05, 0) is 25.9 Å². The highest BCUT2D eigenvalue weighted by atomic mass is 16.1. The Balaban J connectivity index is 2.04. The van der Waals surface area contributed by atoms with Gasteiger partial charge in [0.2, 0.25) is 0 Å². The fourth-order valence-electron chi connectivity index (χ4n) is 1.36. The summed E-state index contributed by atoms with van der Waals surface area (Å²) in [7, 11) is 0. The Hall–Kier alpha value is -0.410. The Morgan fingerprint density at radius 1 is 1.45 bits per heavy atom. The number of hydrogen-bond donors (Lipinski definition) is 1. The Kier molecular flexibility index (Phi) is 3.52. The first kappa shape index (κ1) is 8.68. The second-order valence-electron chi connectivity index (χ2n) is 3.06. The highest BCUT2D eigenvalue weighted by Crippen LogP contribution is 2.04. The summed E-state index contributed by atoms with van der Waals surface area (Å²) in [4.78, 5) is 13.0. The molecule has 0 bridgehead atoms. The van der Waals surface area contributed by atoms with Gasteiger partial charge in [-0.15, -0.1) is 0 Å². The van der Waals surface area contributed by atoms with Gasteiger partial charge in [-0.25, -0.2) is 0 Å². The summed E-state index contributed by atoms with van der Waals surface area (Å²) in [6.45, 7) is 3.44. The Labute approximate surface area is 67.5 Å². The summed E-state index contributed by atoms with van der Waals surface area (Å²) in [6.07, 6.45) is 2.96. The van der Waals surface area contributed by atoms with Gasteiger partial charge in [-0.3, -0.25) is 9.69 Å². The molecule has 0 aromatic heterocycles. The number of nitrogens with zero attached hydrogens (tertiary/aromatic N) is 1. The minimum absolute atomic E-state index is 0.387. The molecule has 0 spiro atoms. The van der Waals surface area contributed by atoms with Crippen molar-refractivity contribution in [1.82, 2.24) is 4.90 Å². The van der Waals surface area contributed by atoms with Crippen molar-refractivity contribution in [1.29, 1.82) is 0 Å². The lowest BCUT2D eigenvalue weighted by molar-refractivity contribution is -0.116. The number of rotatable bonds is 4. The maximum absolute atomic E-state index is 10.8. The van der Waals surface area contributed by atoms with E-state index in [0.717, 1.165) is 38.9 Å². The molecule has 0 amide bonds. The van der Waals surface area contributed by atoms with Crippen LogP contribution in [0.15, 0.2) is 0 Å². The number of likely N-dealkylation sites (tertiary alicyclic amines) is 1. The first-order valence-corrected chi connectivity index (χ1v) is 4.27.